The van der Waals surface area contributed by atoms with Crippen LogP contribution in [0.2, 0.25) is 0 Å². The maximum atomic E-state index is 12.0. The fourth-order valence-electron chi connectivity index (χ4n) is 3.20. The number of carbonyl (C=O) groups is 1. The summed E-state index contributed by atoms with van der Waals surface area (Å²) in [6.45, 7) is 0.769. The van der Waals surface area contributed by atoms with Gasteiger partial charge in [-0.25, -0.2) is 0 Å². The molecule has 0 aliphatic heterocycles. The van der Waals surface area contributed by atoms with Crippen LogP contribution in [-0.2, 0) is 11.2 Å². The highest BCUT2D eigenvalue weighted by Gasteiger charge is 2.15. The van der Waals surface area contributed by atoms with E-state index in [1.807, 2.05) is 24.3 Å². The number of hydrogen-bond acceptors (Lipinski definition) is 3. The molecule has 21 heavy (non-hydrogen) atoms. The lowest BCUT2D eigenvalue weighted by atomic mass is 10.0. The maximum absolute atomic E-state index is 12.0. The Morgan fingerprint density at radius 3 is 2.95 bits per heavy atom. The summed E-state index contributed by atoms with van der Waals surface area (Å²) in [5.74, 6) is 0.918. The summed E-state index contributed by atoms with van der Waals surface area (Å²) in [5.41, 5.74) is 1.46. The molecule has 1 heterocycles. The number of amides is 1. The van der Waals surface area contributed by atoms with Gasteiger partial charge in [0.15, 0.2) is 5.58 Å². The van der Waals surface area contributed by atoms with E-state index < -0.39 is 0 Å². The lowest BCUT2D eigenvalue weighted by Gasteiger charge is -2.08. The predicted molar refractivity (Wildman–Crippen MR) is 81.9 cm³/mol. The zero-order chi connectivity index (χ0) is 14.5. The maximum Gasteiger partial charge on any atom is 0.226 e. The van der Waals surface area contributed by atoms with E-state index in [0.717, 1.165) is 35.5 Å². The number of benzene rings is 1. The molecule has 1 aromatic carbocycles. The molecular formula is C17H22N2O2. The number of para-hydroxylation sites is 1. The minimum atomic E-state index is 0.0282. The quantitative estimate of drug-likeness (QED) is 0.827. The van der Waals surface area contributed by atoms with Crippen molar-refractivity contribution in [3.63, 3.8) is 0 Å². The first-order valence-electron chi connectivity index (χ1n) is 7.93. The smallest absolute Gasteiger partial charge is 0.226 e. The van der Waals surface area contributed by atoms with E-state index in [0.29, 0.717) is 6.42 Å². The van der Waals surface area contributed by atoms with Gasteiger partial charge in [-0.3, -0.25) is 4.79 Å². The monoisotopic (exact) mass is 286 g/mol. The third-order valence-corrected chi connectivity index (χ3v) is 4.37. The number of aromatic nitrogens is 1. The Kier molecular flexibility index (Phi) is 4.53. The number of nitrogens with zero attached hydrogens (tertiary/aromatic N) is 1. The molecule has 2 aromatic rings. The minimum Gasteiger partial charge on any atom is -0.356 e. The molecule has 0 atom stereocenters. The van der Waals surface area contributed by atoms with Crippen LogP contribution in [0.25, 0.3) is 11.0 Å². The second-order valence-electron chi connectivity index (χ2n) is 5.94. The van der Waals surface area contributed by atoms with E-state index in [1.165, 1.54) is 32.1 Å². The molecule has 0 unspecified atom stereocenters. The van der Waals surface area contributed by atoms with E-state index >= 15 is 0 Å². The van der Waals surface area contributed by atoms with Gasteiger partial charge in [-0.1, -0.05) is 43.0 Å². The molecule has 4 nitrogen and oxygen atoms in total. The largest absolute Gasteiger partial charge is 0.356 e. The fourth-order valence-corrected chi connectivity index (χ4v) is 3.20. The second-order valence-corrected chi connectivity index (χ2v) is 5.94. The summed E-state index contributed by atoms with van der Waals surface area (Å²) in [5, 5.41) is 7.91. The Morgan fingerprint density at radius 1 is 1.29 bits per heavy atom. The van der Waals surface area contributed by atoms with Crippen LogP contribution in [-0.4, -0.2) is 17.6 Å². The normalized spacial score (nSPS) is 15.6. The van der Waals surface area contributed by atoms with E-state index in [-0.39, 0.29) is 5.91 Å². The van der Waals surface area contributed by atoms with E-state index in [9.17, 15) is 4.79 Å². The van der Waals surface area contributed by atoms with E-state index in [1.54, 1.807) is 0 Å². The van der Waals surface area contributed by atoms with Crippen LogP contribution < -0.4 is 5.32 Å². The van der Waals surface area contributed by atoms with Gasteiger partial charge in [0.25, 0.3) is 0 Å². The van der Waals surface area contributed by atoms with E-state index in [4.69, 9.17) is 4.52 Å². The zero-order valence-corrected chi connectivity index (χ0v) is 12.3. The summed E-state index contributed by atoms with van der Waals surface area (Å²) >= 11 is 0. The van der Waals surface area contributed by atoms with Crippen LogP contribution >= 0.6 is 0 Å². The van der Waals surface area contributed by atoms with Crippen molar-refractivity contribution in [1.29, 1.82) is 0 Å². The third kappa shape index (κ3) is 3.63. The topological polar surface area (TPSA) is 55.1 Å². The summed E-state index contributed by atoms with van der Waals surface area (Å²) < 4.78 is 5.21. The molecule has 1 aliphatic carbocycles. The molecule has 4 heteroatoms. The summed E-state index contributed by atoms with van der Waals surface area (Å²) in [4.78, 5) is 12.0. The summed E-state index contributed by atoms with van der Waals surface area (Å²) in [6.07, 6.45) is 8.13. The van der Waals surface area contributed by atoms with Crippen LogP contribution in [0.15, 0.2) is 28.8 Å². The fraction of sp³-hybridized carbons (Fsp3) is 0.529. The molecule has 1 fully saturated rings. The number of hydrogen-bond donors (Lipinski definition) is 1. The highest BCUT2D eigenvalue weighted by molar-refractivity contribution is 5.86. The molecule has 0 bridgehead atoms. The predicted octanol–water partition coefficient (Wildman–Crippen LogP) is 3.46. The molecule has 0 saturated heterocycles. The first kappa shape index (κ1) is 14.1. The second kappa shape index (κ2) is 6.74. The Labute approximate surface area is 124 Å². The van der Waals surface area contributed by atoms with Crippen molar-refractivity contribution in [3.05, 3.63) is 30.0 Å². The van der Waals surface area contributed by atoms with Crippen LogP contribution in [0.5, 0.6) is 0 Å². The summed E-state index contributed by atoms with van der Waals surface area (Å²) in [7, 11) is 0. The number of rotatable bonds is 6. The van der Waals surface area contributed by atoms with Crippen LogP contribution in [0, 0.1) is 5.92 Å². The van der Waals surface area contributed by atoms with Gasteiger partial charge < -0.3 is 9.84 Å². The minimum absolute atomic E-state index is 0.0282. The highest BCUT2D eigenvalue weighted by atomic mass is 16.5. The van der Waals surface area contributed by atoms with E-state index in [2.05, 4.69) is 10.5 Å². The van der Waals surface area contributed by atoms with Gasteiger partial charge >= 0.3 is 0 Å². The number of fused-ring (bicyclic) bond motifs is 1. The molecule has 1 aliphatic rings. The first-order chi connectivity index (χ1) is 10.3. The lowest BCUT2D eigenvalue weighted by Crippen LogP contribution is -2.26. The first-order valence-corrected chi connectivity index (χ1v) is 7.93. The average Bonchev–Trinajstić information content (AvgIpc) is 3.14. The van der Waals surface area contributed by atoms with Crippen molar-refractivity contribution in [1.82, 2.24) is 10.5 Å². The van der Waals surface area contributed by atoms with Gasteiger partial charge in [0.1, 0.15) is 5.69 Å². The van der Waals surface area contributed by atoms with Gasteiger partial charge in [-0.05, 0) is 30.9 Å². The molecule has 3 rings (SSSR count). The molecule has 1 N–H and O–H groups in total. The standard InChI is InChI=1S/C17H22N2O2/c20-17(18-11-5-8-13-6-1-2-7-13)12-15-14-9-3-4-10-16(14)21-19-15/h3-4,9-10,13H,1-2,5-8,11-12H2,(H,18,20). The number of carbonyl (C=O) groups excluding carboxylic acids is 1. The van der Waals surface area contributed by atoms with Crippen LogP contribution in [0.4, 0.5) is 0 Å². The molecular weight excluding hydrogens is 264 g/mol. The average molecular weight is 286 g/mol. The third-order valence-electron chi connectivity index (χ3n) is 4.37. The molecule has 1 saturated carbocycles. The molecule has 1 amide bonds. The zero-order valence-electron chi connectivity index (χ0n) is 12.3. The van der Waals surface area contributed by atoms with Crippen molar-refractivity contribution >= 4 is 16.9 Å². The van der Waals surface area contributed by atoms with Gasteiger partial charge in [0.05, 0.1) is 6.42 Å². The Bertz CT molecular complexity index is 600. The molecule has 0 spiro atoms. The molecule has 1 aromatic heterocycles. The SMILES string of the molecule is O=C(Cc1noc2ccccc12)NCCCC1CCCC1. The van der Waals surface area contributed by atoms with Crippen LogP contribution in [0.1, 0.15) is 44.2 Å². The van der Waals surface area contributed by atoms with Crippen molar-refractivity contribution in [2.24, 2.45) is 5.92 Å². The Hall–Kier alpha value is -1.84. The van der Waals surface area contributed by atoms with Gasteiger partial charge in [0, 0.05) is 11.9 Å². The molecule has 0 radical (unpaired) electrons. The van der Waals surface area contributed by atoms with Crippen molar-refractivity contribution in [3.8, 4) is 0 Å². The van der Waals surface area contributed by atoms with Gasteiger partial charge in [-0.2, -0.15) is 0 Å². The Morgan fingerprint density at radius 2 is 2.10 bits per heavy atom. The van der Waals surface area contributed by atoms with Crippen LogP contribution in [0.3, 0.4) is 0 Å². The summed E-state index contributed by atoms with van der Waals surface area (Å²) in [6, 6.07) is 7.64. The van der Waals surface area contributed by atoms with Crippen molar-refractivity contribution in [2.45, 2.75) is 44.9 Å². The number of nitrogens with one attached hydrogen (secondary N) is 1. The lowest BCUT2D eigenvalue weighted by molar-refractivity contribution is -0.120. The van der Waals surface area contributed by atoms with Crippen molar-refractivity contribution in [2.75, 3.05) is 6.54 Å². The molecule has 112 valence electrons. The highest BCUT2D eigenvalue weighted by Crippen LogP contribution is 2.28. The van der Waals surface area contributed by atoms with Gasteiger partial charge in [0.2, 0.25) is 5.91 Å². The van der Waals surface area contributed by atoms with Gasteiger partial charge in [-0.15, -0.1) is 0 Å². The van der Waals surface area contributed by atoms with Crippen molar-refractivity contribution < 1.29 is 9.32 Å². The Balaban J connectivity index is 1.43.